The zero-order chi connectivity index (χ0) is 24.6. The molecule has 3 aromatic carbocycles. The molecule has 37 heavy (non-hydrogen) atoms. The molecule has 0 unspecified atom stereocenters. The Hall–Kier alpha value is -2.56. The van der Waals surface area contributed by atoms with Crippen molar-refractivity contribution in [2.24, 2.45) is 0 Å². The van der Waals surface area contributed by atoms with Crippen LogP contribution in [0.15, 0.2) is 65.1 Å². The number of aryl methyl sites for hydroxylation is 3. The number of thiophene rings is 2. The summed E-state index contributed by atoms with van der Waals surface area (Å²) >= 11 is 4.77. The summed E-state index contributed by atoms with van der Waals surface area (Å²) in [6.45, 7) is 6.51. The molecule has 9 aromatic rings. The maximum absolute atomic E-state index is 6.61. The first-order valence-electron chi connectivity index (χ1n) is 12.3. The van der Waals surface area contributed by atoms with Gasteiger partial charge in [-0.15, -0.1) is 0 Å². The summed E-state index contributed by atoms with van der Waals surface area (Å²) in [4.78, 5) is 0. The van der Waals surface area contributed by atoms with E-state index >= 15 is 0 Å². The van der Waals surface area contributed by atoms with Crippen LogP contribution in [0.4, 0.5) is 0 Å². The first-order valence-corrected chi connectivity index (χ1v) is 17.3. The molecule has 0 saturated carbocycles. The van der Waals surface area contributed by atoms with Gasteiger partial charge in [0.25, 0.3) is 0 Å². The van der Waals surface area contributed by atoms with Crippen LogP contribution in [0.2, 0.25) is 0 Å². The van der Waals surface area contributed by atoms with Crippen molar-refractivity contribution in [1.29, 1.82) is 0 Å². The fraction of sp³-hybridized carbons (Fsp3) is 0.0968. The van der Waals surface area contributed by atoms with Crippen LogP contribution < -0.4 is 0 Å². The van der Waals surface area contributed by atoms with Crippen molar-refractivity contribution in [3.63, 3.8) is 0 Å². The quantitative estimate of drug-likeness (QED) is 0.163. The zero-order valence-electron chi connectivity index (χ0n) is 20.3. The number of hydrogen-bond acceptors (Lipinski definition) is 3. The summed E-state index contributed by atoms with van der Waals surface area (Å²) in [6.07, 6.45) is 0. The molecular formula is C31H19NOS2Se2. The molecule has 0 amide bonds. The third-order valence-electron chi connectivity index (χ3n) is 7.43. The molecule has 2 nitrogen and oxygen atoms in total. The van der Waals surface area contributed by atoms with E-state index in [1.54, 1.807) is 21.7 Å². The van der Waals surface area contributed by atoms with E-state index < -0.39 is 0 Å². The topological polar surface area (TPSA) is 18.1 Å². The molecule has 6 heteroatoms. The molecule has 0 spiro atoms. The van der Waals surface area contributed by atoms with Crippen molar-refractivity contribution in [3.8, 4) is 5.69 Å². The Bertz CT molecular complexity index is 2380. The van der Waals surface area contributed by atoms with Gasteiger partial charge in [0.15, 0.2) is 0 Å². The third kappa shape index (κ3) is 2.76. The molecule has 0 atom stereocenters. The Morgan fingerprint density at radius 2 is 1.35 bits per heavy atom. The normalized spacial score (nSPS) is 12.7. The summed E-state index contributed by atoms with van der Waals surface area (Å²) < 4.78 is 21.4. The fourth-order valence-corrected chi connectivity index (χ4v) is 16.2. The number of aromatic nitrogens is 1. The summed E-state index contributed by atoms with van der Waals surface area (Å²) in [5.41, 5.74) is 9.65. The molecule has 0 N–H and O–H groups in total. The minimum atomic E-state index is 0.367. The number of rotatable bonds is 1. The van der Waals surface area contributed by atoms with Crippen molar-refractivity contribution >= 4 is 120 Å². The van der Waals surface area contributed by atoms with E-state index in [2.05, 4.69) is 86.0 Å². The summed E-state index contributed by atoms with van der Waals surface area (Å²) in [5, 5.41) is 2.72. The average Bonchev–Trinajstić information content (AvgIpc) is 3.67. The van der Waals surface area contributed by atoms with Crippen LogP contribution >= 0.6 is 22.7 Å². The van der Waals surface area contributed by atoms with Gasteiger partial charge in [0.1, 0.15) is 0 Å². The second-order valence-electron chi connectivity index (χ2n) is 10.0. The Morgan fingerprint density at radius 3 is 2.19 bits per heavy atom. The number of hydrogen-bond donors (Lipinski definition) is 0. The number of furan rings is 1. The molecular weight excluding hydrogens is 624 g/mol. The van der Waals surface area contributed by atoms with Gasteiger partial charge in [-0.1, -0.05) is 0 Å². The van der Waals surface area contributed by atoms with Crippen molar-refractivity contribution in [2.45, 2.75) is 20.8 Å². The average molecular weight is 644 g/mol. The Morgan fingerprint density at radius 1 is 0.622 bits per heavy atom. The van der Waals surface area contributed by atoms with Gasteiger partial charge in [-0.05, 0) is 0 Å². The minimum absolute atomic E-state index is 0.367. The molecule has 0 bridgehead atoms. The van der Waals surface area contributed by atoms with Crippen LogP contribution in [-0.4, -0.2) is 33.6 Å². The standard InChI is InChI=1S/C31H19NOS2Se2/c1-14-4-8-17(9-5-14)32-22-18-10-6-15(2)12-20(18)33-24(22)25-23(32)26-27(34-25)30-28(35-26)31-29(37-30)19-11-7-16(3)13-21(19)36-31/h4-13H,1-3H3. The number of fused-ring (bicyclic) bond motifs is 13. The first kappa shape index (κ1) is 21.4. The van der Waals surface area contributed by atoms with E-state index in [0.29, 0.717) is 29.0 Å². The Labute approximate surface area is 231 Å². The van der Waals surface area contributed by atoms with Crippen LogP contribution in [0, 0.1) is 20.8 Å². The second kappa shape index (κ2) is 7.30. The molecule has 0 aliphatic carbocycles. The van der Waals surface area contributed by atoms with Crippen molar-refractivity contribution in [3.05, 3.63) is 77.4 Å². The number of benzene rings is 3. The monoisotopic (exact) mass is 645 g/mol. The molecule has 0 radical (unpaired) electrons. The van der Waals surface area contributed by atoms with E-state index in [9.17, 15) is 0 Å². The van der Waals surface area contributed by atoms with Gasteiger partial charge in [-0.25, -0.2) is 0 Å². The van der Waals surface area contributed by atoms with Gasteiger partial charge in [-0.2, -0.15) is 0 Å². The van der Waals surface area contributed by atoms with Crippen LogP contribution in [-0.2, 0) is 0 Å². The molecule has 6 aromatic heterocycles. The van der Waals surface area contributed by atoms with Gasteiger partial charge in [0.05, 0.1) is 0 Å². The van der Waals surface area contributed by atoms with Crippen LogP contribution in [0.25, 0.3) is 74.5 Å². The summed E-state index contributed by atoms with van der Waals surface area (Å²) in [7, 11) is 0. The van der Waals surface area contributed by atoms with E-state index in [1.165, 1.54) is 58.3 Å². The summed E-state index contributed by atoms with van der Waals surface area (Å²) in [6, 6.07) is 22.6. The van der Waals surface area contributed by atoms with Gasteiger partial charge in [-0.3, -0.25) is 0 Å². The van der Waals surface area contributed by atoms with Gasteiger partial charge in [0.2, 0.25) is 0 Å². The molecule has 178 valence electrons. The van der Waals surface area contributed by atoms with Crippen LogP contribution in [0.5, 0.6) is 0 Å². The fourth-order valence-electron chi connectivity index (χ4n) is 5.67. The molecule has 0 fully saturated rings. The van der Waals surface area contributed by atoms with E-state index in [1.807, 2.05) is 22.7 Å². The Balaban J connectivity index is 1.46. The Kier molecular flexibility index (Phi) is 4.22. The van der Waals surface area contributed by atoms with Gasteiger partial charge < -0.3 is 0 Å². The molecule has 0 aliphatic rings. The molecule has 6 heterocycles. The second-order valence-corrected chi connectivity index (χ2v) is 16.4. The van der Waals surface area contributed by atoms with Crippen molar-refractivity contribution in [1.82, 2.24) is 4.57 Å². The molecule has 0 aliphatic heterocycles. The summed E-state index contributed by atoms with van der Waals surface area (Å²) in [5.74, 6) is 0. The van der Waals surface area contributed by atoms with E-state index in [4.69, 9.17) is 4.42 Å². The van der Waals surface area contributed by atoms with E-state index in [-0.39, 0.29) is 0 Å². The van der Waals surface area contributed by atoms with Gasteiger partial charge in [0, 0.05) is 0 Å². The zero-order valence-corrected chi connectivity index (χ0v) is 25.3. The predicted octanol–water partition coefficient (Wildman–Crippen LogP) is 9.30. The third-order valence-corrected chi connectivity index (χ3v) is 16.6. The van der Waals surface area contributed by atoms with Crippen molar-refractivity contribution < 1.29 is 4.42 Å². The van der Waals surface area contributed by atoms with Crippen LogP contribution in [0.3, 0.4) is 0 Å². The van der Waals surface area contributed by atoms with Crippen molar-refractivity contribution in [2.75, 3.05) is 0 Å². The predicted molar refractivity (Wildman–Crippen MR) is 164 cm³/mol. The molecule has 9 rings (SSSR count). The van der Waals surface area contributed by atoms with Gasteiger partial charge >= 0.3 is 233 Å². The maximum atomic E-state index is 6.61. The molecule has 0 saturated heterocycles. The number of nitrogens with zero attached hydrogens (tertiary/aromatic N) is 1. The first-order chi connectivity index (χ1) is 18.0. The van der Waals surface area contributed by atoms with Crippen LogP contribution in [0.1, 0.15) is 16.7 Å². The van der Waals surface area contributed by atoms with E-state index in [0.717, 1.165) is 11.2 Å². The SMILES string of the molecule is Cc1ccc(-n2c3c4ccc(C)cc4oc3c3sc4c(sc5c4[se]c4c6ccc(C)cc6[se]c54)c32)cc1.